The molecule has 3 heteroatoms. The number of hydrogen-bond donors (Lipinski definition) is 2. The number of ether oxygens (including phenoxy) is 1. The highest BCUT2D eigenvalue weighted by molar-refractivity contribution is 4.96. The van der Waals surface area contributed by atoms with Crippen molar-refractivity contribution < 1.29 is 9.84 Å². The molecule has 3 aliphatic rings. The third-order valence-corrected chi connectivity index (χ3v) is 4.93. The fraction of sp³-hybridized carbons (Fsp3) is 1.00. The Morgan fingerprint density at radius 3 is 2.16 bits per heavy atom. The number of aliphatic hydroxyl groups excluding tert-OH is 1. The third-order valence-electron chi connectivity index (χ3n) is 4.93. The normalized spacial score (nSPS) is 26.8. The van der Waals surface area contributed by atoms with Crippen LogP contribution in [0.15, 0.2) is 0 Å². The van der Waals surface area contributed by atoms with Crippen molar-refractivity contribution in [3.8, 4) is 0 Å². The van der Waals surface area contributed by atoms with Gasteiger partial charge in [-0.2, -0.15) is 0 Å². The molecule has 3 rings (SSSR count). The largest absolute Gasteiger partial charge is 0.389 e. The monoisotopic (exact) mass is 267 g/mol. The van der Waals surface area contributed by atoms with Gasteiger partial charge in [0.25, 0.3) is 0 Å². The van der Waals surface area contributed by atoms with Gasteiger partial charge in [-0.1, -0.05) is 19.3 Å². The minimum absolute atomic E-state index is 0.332. The van der Waals surface area contributed by atoms with Crippen LogP contribution in [0.25, 0.3) is 0 Å². The highest BCUT2D eigenvalue weighted by Gasteiger charge is 2.41. The lowest BCUT2D eigenvalue weighted by molar-refractivity contribution is -0.0239. The minimum atomic E-state index is -0.332. The molecule has 3 saturated carbocycles. The van der Waals surface area contributed by atoms with E-state index in [4.69, 9.17) is 4.74 Å². The van der Waals surface area contributed by atoms with Crippen LogP contribution in [0.3, 0.4) is 0 Å². The van der Waals surface area contributed by atoms with Gasteiger partial charge >= 0.3 is 0 Å². The Bertz CT molecular complexity index is 258. The molecule has 0 aromatic heterocycles. The zero-order valence-corrected chi connectivity index (χ0v) is 12.0. The molecule has 0 radical (unpaired) electrons. The molecule has 0 amide bonds. The zero-order chi connectivity index (χ0) is 13.1. The third kappa shape index (κ3) is 4.44. The van der Waals surface area contributed by atoms with Gasteiger partial charge in [-0.05, 0) is 50.4 Å². The van der Waals surface area contributed by atoms with E-state index in [1.165, 1.54) is 57.8 Å². The van der Waals surface area contributed by atoms with E-state index in [0.717, 1.165) is 11.8 Å². The fourth-order valence-electron chi connectivity index (χ4n) is 3.44. The van der Waals surface area contributed by atoms with E-state index in [-0.39, 0.29) is 6.10 Å². The summed E-state index contributed by atoms with van der Waals surface area (Å²) < 4.78 is 5.84. The van der Waals surface area contributed by atoms with Crippen LogP contribution in [-0.2, 0) is 4.74 Å². The molecule has 0 saturated heterocycles. The molecule has 19 heavy (non-hydrogen) atoms. The lowest BCUT2D eigenvalue weighted by atomic mass is 9.98. The Morgan fingerprint density at radius 2 is 1.58 bits per heavy atom. The molecule has 0 spiro atoms. The zero-order valence-electron chi connectivity index (χ0n) is 12.0. The topological polar surface area (TPSA) is 41.5 Å². The van der Waals surface area contributed by atoms with Crippen molar-refractivity contribution in [3.63, 3.8) is 0 Å². The average molecular weight is 267 g/mol. The molecular weight excluding hydrogens is 238 g/mol. The second kappa shape index (κ2) is 6.55. The predicted molar refractivity (Wildman–Crippen MR) is 76.1 cm³/mol. The van der Waals surface area contributed by atoms with Gasteiger partial charge in [0, 0.05) is 12.6 Å². The van der Waals surface area contributed by atoms with Gasteiger partial charge < -0.3 is 15.2 Å². The SMILES string of the molecule is OC(CNC(C1CC1)C1CC1)COC1CCCCC1. The molecule has 0 heterocycles. The summed E-state index contributed by atoms with van der Waals surface area (Å²) >= 11 is 0. The van der Waals surface area contributed by atoms with E-state index < -0.39 is 0 Å². The second-order valence-corrected chi connectivity index (χ2v) is 6.86. The minimum Gasteiger partial charge on any atom is -0.389 e. The maximum absolute atomic E-state index is 10.0. The molecule has 3 fully saturated rings. The van der Waals surface area contributed by atoms with E-state index in [9.17, 15) is 5.11 Å². The lowest BCUT2D eigenvalue weighted by Crippen LogP contribution is -2.40. The molecule has 1 unspecified atom stereocenters. The van der Waals surface area contributed by atoms with Crippen LogP contribution in [-0.4, -0.2) is 36.5 Å². The number of nitrogens with one attached hydrogen (secondary N) is 1. The van der Waals surface area contributed by atoms with Crippen LogP contribution in [0.1, 0.15) is 57.8 Å². The Morgan fingerprint density at radius 1 is 0.947 bits per heavy atom. The van der Waals surface area contributed by atoms with Gasteiger partial charge in [0.15, 0.2) is 0 Å². The van der Waals surface area contributed by atoms with Gasteiger partial charge in [-0.15, -0.1) is 0 Å². The standard InChI is InChI=1S/C16H29NO2/c18-14(11-19-15-4-2-1-3-5-15)10-17-16(12-6-7-12)13-8-9-13/h12-18H,1-11H2. The van der Waals surface area contributed by atoms with Crippen LogP contribution < -0.4 is 5.32 Å². The molecular formula is C16H29NO2. The fourth-order valence-corrected chi connectivity index (χ4v) is 3.44. The van der Waals surface area contributed by atoms with Crippen LogP contribution in [0, 0.1) is 11.8 Å². The van der Waals surface area contributed by atoms with Crippen LogP contribution in [0.4, 0.5) is 0 Å². The first kappa shape index (κ1) is 13.8. The van der Waals surface area contributed by atoms with Crippen molar-refractivity contribution in [2.75, 3.05) is 13.2 Å². The summed E-state index contributed by atoms with van der Waals surface area (Å²) in [5.74, 6) is 1.80. The highest BCUT2D eigenvalue weighted by atomic mass is 16.5. The first-order valence-corrected chi connectivity index (χ1v) is 8.36. The quantitative estimate of drug-likeness (QED) is 0.710. The van der Waals surface area contributed by atoms with E-state index in [1.807, 2.05) is 0 Å². The number of aliphatic hydroxyl groups is 1. The maximum atomic E-state index is 10.0. The summed E-state index contributed by atoms with van der Waals surface area (Å²) in [5.41, 5.74) is 0. The number of hydrogen-bond acceptors (Lipinski definition) is 3. The second-order valence-electron chi connectivity index (χ2n) is 6.86. The molecule has 0 aromatic rings. The van der Waals surface area contributed by atoms with Gasteiger partial charge in [0.05, 0.1) is 18.8 Å². The van der Waals surface area contributed by atoms with Crippen LogP contribution in [0.5, 0.6) is 0 Å². The summed E-state index contributed by atoms with van der Waals surface area (Å²) in [4.78, 5) is 0. The van der Waals surface area contributed by atoms with Crippen molar-refractivity contribution in [2.24, 2.45) is 11.8 Å². The summed E-state index contributed by atoms with van der Waals surface area (Å²) in [5, 5.41) is 13.6. The van der Waals surface area contributed by atoms with Crippen molar-refractivity contribution in [3.05, 3.63) is 0 Å². The molecule has 0 aliphatic heterocycles. The highest BCUT2D eigenvalue weighted by Crippen LogP contribution is 2.44. The first-order chi connectivity index (χ1) is 9.33. The summed E-state index contributed by atoms with van der Waals surface area (Å²) in [6, 6.07) is 0.685. The van der Waals surface area contributed by atoms with Gasteiger partial charge in [-0.25, -0.2) is 0 Å². The molecule has 0 aromatic carbocycles. The van der Waals surface area contributed by atoms with Crippen molar-refractivity contribution >= 4 is 0 Å². The molecule has 3 nitrogen and oxygen atoms in total. The smallest absolute Gasteiger partial charge is 0.0897 e. The summed E-state index contributed by atoms with van der Waals surface area (Å²) in [7, 11) is 0. The average Bonchev–Trinajstić information content (AvgIpc) is 3.30. The number of rotatable bonds is 8. The van der Waals surface area contributed by atoms with E-state index in [2.05, 4.69) is 5.32 Å². The van der Waals surface area contributed by atoms with Crippen molar-refractivity contribution in [1.29, 1.82) is 0 Å². The molecule has 2 N–H and O–H groups in total. The maximum Gasteiger partial charge on any atom is 0.0897 e. The van der Waals surface area contributed by atoms with E-state index >= 15 is 0 Å². The lowest BCUT2D eigenvalue weighted by Gasteiger charge is -2.24. The van der Waals surface area contributed by atoms with Gasteiger partial charge in [0.2, 0.25) is 0 Å². The molecule has 3 aliphatic carbocycles. The molecule has 0 bridgehead atoms. The predicted octanol–water partition coefficient (Wildman–Crippen LogP) is 2.47. The van der Waals surface area contributed by atoms with Crippen molar-refractivity contribution in [2.45, 2.75) is 76.0 Å². The Labute approximate surface area is 117 Å². The molecule has 1 atom stereocenters. The Kier molecular flexibility index (Phi) is 4.78. The summed E-state index contributed by atoms with van der Waals surface area (Å²) in [6.45, 7) is 1.23. The Balaban J connectivity index is 1.30. The first-order valence-electron chi connectivity index (χ1n) is 8.36. The van der Waals surface area contributed by atoms with Gasteiger partial charge in [0.1, 0.15) is 0 Å². The van der Waals surface area contributed by atoms with Gasteiger partial charge in [-0.3, -0.25) is 0 Å². The summed E-state index contributed by atoms with van der Waals surface area (Å²) in [6.07, 6.45) is 12.0. The van der Waals surface area contributed by atoms with E-state index in [0.29, 0.717) is 25.3 Å². The van der Waals surface area contributed by atoms with Crippen LogP contribution >= 0.6 is 0 Å². The van der Waals surface area contributed by atoms with Crippen molar-refractivity contribution in [1.82, 2.24) is 5.32 Å². The van der Waals surface area contributed by atoms with Crippen LogP contribution in [0.2, 0.25) is 0 Å². The Hall–Kier alpha value is -0.120. The molecule has 110 valence electrons. The van der Waals surface area contributed by atoms with E-state index in [1.54, 1.807) is 0 Å².